The average Bonchev–Trinajstić information content (AvgIpc) is 3.91. The van der Waals surface area contributed by atoms with Crippen molar-refractivity contribution >= 4 is 28.1 Å². The van der Waals surface area contributed by atoms with Crippen LogP contribution in [-0.2, 0) is 29.5 Å². The number of nitrogens with one attached hydrogen (secondary N) is 1. The summed E-state index contributed by atoms with van der Waals surface area (Å²) in [7, 11) is 1.47. The number of phenols is 4. The highest BCUT2D eigenvalue weighted by atomic mass is 16.5. The number of hydrogen-bond donors (Lipinski definition) is 7. The van der Waals surface area contributed by atoms with Crippen molar-refractivity contribution < 1.29 is 44.9 Å². The quantitative estimate of drug-likeness (QED) is 0.0286. The second-order valence-electron chi connectivity index (χ2n) is 17.3. The van der Waals surface area contributed by atoms with Crippen LogP contribution in [0.5, 0.6) is 34.5 Å². The number of phenolic OH excluding ortho intramolecular Hbond substituents is 4. The Balaban J connectivity index is 1.27. The van der Waals surface area contributed by atoms with E-state index in [1.165, 1.54) is 13.2 Å². The largest absolute Gasteiger partial charge is 0.668 e. The number of ether oxygens (including phenoxy) is 2. The number of methoxy groups -OCH3 is 1. The van der Waals surface area contributed by atoms with Gasteiger partial charge < -0.3 is 50.4 Å². The number of Topliss-reactive ketones (excluding diaryl/α,β-unsaturated/α-hetero) is 1. The van der Waals surface area contributed by atoms with E-state index in [-0.39, 0.29) is 53.8 Å². The summed E-state index contributed by atoms with van der Waals surface area (Å²) in [5.74, 6) is -0.879. The van der Waals surface area contributed by atoms with E-state index in [1.54, 1.807) is 48.8 Å². The lowest BCUT2D eigenvalue weighted by Crippen LogP contribution is -2.51. The van der Waals surface area contributed by atoms with Gasteiger partial charge in [-0.05, 0) is 151 Å². The van der Waals surface area contributed by atoms with Crippen LogP contribution in [0.15, 0.2) is 103 Å². The van der Waals surface area contributed by atoms with Crippen LogP contribution in [0.3, 0.4) is 0 Å². The number of fused-ring (bicyclic) bond motifs is 1. The SMILES string of the molecule is COc1cc(CCC(O)C(C(=O)CCc2cc(O)c(O)c(OCCCC(C)C)c2)C2(c3ccnc(Nc4ccc5cc(O)ccc5c4)c3)CCC(O)C2Cc2ccc[n-]2)ccc1O. The molecule has 0 amide bonds. The van der Waals surface area contributed by atoms with Crippen molar-refractivity contribution in [3.05, 3.63) is 126 Å². The third-order valence-corrected chi connectivity index (χ3v) is 12.6. The fraction of sp³-hybridized carbons (Fsp3) is 0.373. The molecule has 7 rings (SSSR count). The number of nitrogens with zero attached hydrogens (tertiary/aromatic N) is 2. The molecule has 1 aliphatic carbocycles. The summed E-state index contributed by atoms with van der Waals surface area (Å²) in [6, 6.07) is 26.6. The summed E-state index contributed by atoms with van der Waals surface area (Å²) in [5.41, 5.74) is 2.55. The van der Waals surface area contributed by atoms with Crippen LogP contribution in [0.4, 0.5) is 11.5 Å². The summed E-state index contributed by atoms with van der Waals surface area (Å²) in [5, 5.41) is 71.4. The van der Waals surface area contributed by atoms with E-state index in [0.29, 0.717) is 55.3 Å². The van der Waals surface area contributed by atoms with Gasteiger partial charge in [0.15, 0.2) is 23.0 Å². The van der Waals surface area contributed by atoms with Crippen LogP contribution < -0.4 is 19.8 Å². The predicted molar refractivity (Wildman–Crippen MR) is 242 cm³/mol. The van der Waals surface area contributed by atoms with Crippen molar-refractivity contribution in [2.24, 2.45) is 17.8 Å². The molecule has 5 atom stereocenters. The molecule has 63 heavy (non-hydrogen) atoms. The highest BCUT2D eigenvalue weighted by Gasteiger charge is 2.57. The lowest BCUT2D eigenvalue weighted by Gasteiger charge is -2.45. The maximum atomic E-state index is 15.3. The first-order chi connectivity index (χ1) is 30.3. The summed E-state index contributed by atoms with van der Waals surface area (Å²) >= 11 is 0. The van der Waals surface area contributed by atoms with Crippen LogP contribution in [-0.4, -0.2) is 67.3 Å². The zero-order chi connectivity index (χ0) is 44.7. The Hall–Kier alpha value is -6.24. The fourth-order valence-corrected chi connectivity index (χ4v) is 9.49. The molecular weight excluding hydrogens is 799 g/mol. The molecule has 2 heterocycles. The van der Waals surface area contributed by atoms with Gasteiger partial charge in [-0.15, -0.1) is 0 Å². The first kappa shape index (κ1) is 44.8. The van der Waals surface area contributed by atoms with Crippen LogP contribution in [0.1, 0.15) is 74.8 Å². The van der Waals surface area contributed by atoms with Crippen LogP contribution >= 0.6 is 0 Å². The molecule has 0 spiro atoms. The maximum Gasteiger partial charge on any atom is 0.200 e. The van der Waals surface area contributed by atoms with Gasteiger partial charge in [0.2, 0.25) is 5.75 Å². The number of benzene rings is 4. The molecule has 4 aromatic carbocycles. The molecular formula is C51H58N3O9-. The monoisotopic (exact) mass is 856 g/mol. The lowest BCUT2D eigenvalue weighted by molar-refractivity contribution is -0.132. The third kappa shape index (κ3) is 10.4. The minimum Gasteiger partial charge on any atom is -0.668 e. The second kappa shape index (κ2) is 19.9. The molecule has 12 nitrogen and oxygen atoms in total. The first-order valence-corrected chi connectivity index (χ1v) is 21.8. The number of aromatic hydroxyl groups is 4. The number of anilines is 2. The number of carbonyl (C=O) groups is 1. The molecule has 5 unspecified atom stereocenters. The summed E-state index contributed by atoms with van der Waals surface area (Å²) in [6.45, 7) is 4.60. The van der Waals surface area contributed by atoms with Gasteiger partial charge in [0, 0.05) is 23.7 Å². The van der Waals surface area contributed by atoms with Crippen molar-refractivity contribution in [2.75, 3.05) is 19.0 Å². The molecule has 0 radical (unpaired) electrons. The number of hydrogen-bond acceptors (Lipinski definition) is 11. The third-order valence-electron chi connectivity index (χ3n) is 12.6. The van der Waals surface area contributed by atoms with E-state index in [0.717, 1.165) is 46.1 Å². The topological polar surface area (TPSA) is 196 Å². The molecule has 0 aliphatic heterocycles. The number of aliphatic hydroxyl groups excluding tert-OH is 2. The van der Waals surface area contributed by atoms with E-state index < -0.39 is 29.5 Å². The van der Waals surface area contributed by atoms with Gasteiger partial charge in [-0.2, -0.15) is 11.9 Å². The Morgan fingerprint density at radius 2 is 1.68 bits per heavy atom. The van der Waals surface area contributed by atoms with Crippen molar-refractivity contribution in [3.63, 3.8) is 0 Å². The van der Waals surface area contributed by atoms with Crippen molar-refractivity contribution in [2.45, 2.75) is 89.3 Å². The number of rotatable bonds is 20. The molecule has 332 valence electrons. The molecule has 6 aromatic rings. The fourth-order valence-electron chi connectivity index (χ4n) is 9.49. The van der Waals surface area contributed by atoms with Gasteiger partial charge in [0.1, 0.15) is 17.4 Å². The minimum absolute atomic E-state index is 0.00724. The Bertz CT molecular complexity index is 2490. The standard InChI is InChI=1S/C51H58N3O9/c1-31(2)6-5-23-63-47-26-33(24-45(60)50(47)61)10-17-44(59)49(43(58)16-9-32-8-15-42(57)46(25-32)62-3)51(20-18-41(56)40(51)30-37-7-4-21-52-37)36-19-22-53-48(29-36)54-38-13-11-35-28-39(55)14-12-34(35)27-38/h4,7-8,11-15,19,21-22,24-29,31,40-41,43,49,55-58,60-61H,5-6,9-10,16-18,20,23,30H2,1-3H3,(H,53,54)/q-1. The lowest BCUT2D eigenvalue weighted by atomic mass is 9.58. The van der Waals surface area contributed by atoms with Crippen LogP contribution in [0.2, 0.25) is 0 Å². The number of ketones is 1. The maximum absolute atomic E-state index is 15.3. The van der Waals surface area contributed by atoms with Crippen molar-refractivity contribution in [1.29, 1.82) is 0 Å². The highest BCUT2D eigenvalue weighted by Crippen LogP contribution is 2.54. The minimum atomic E-state index is -1.19. The van der Waals surface area contributed by atoms with E-state index in [4.69, 9.17) is 9.47 Å². The van der Waals surface area contributed by atoms with E-state index in [2.05, 4.69) is 29.1 Å². The molecule has 12 heteroatoms. The number of pyridine rings is 1. The van der Waals surface area contributed by atoms with Gasteiger partial charge in [-0.25, -0.2) is 4.98 Å². The van der Waals surface area contributed by atoms with Crippen molar-refractivity contribution in [1.82, 2.24) is 9.97 Å². The molecule has 1 fully saturated rings. The highest BCUT2D eigenvalue weighted by molar-refractivity contribution is 5.87. The Labute approximate surface area is 368 Å². The number of aryl methyl sites for hydroxylation is 2. The first-order valence-electron chi connectivity index (χ1n) is 21.8. The Morgan fingerprint density at radius 1 is 0.889 bits per heavy atom. The molecule has 1 saturated carbocycles. The molecule has 0 bridgehead atoms. The zero-order valence-corrected chi connectivity index (χ0v) is 36.1. The van der Waals surface area contributed by atoms with Crippen LogP contribution in [0.25, 0.3) is 10.8 Å². The molecule has 2 aromatic heterocycles. The van der Waals surface area contributed by atoms with E-state index in [9.17, 15) is 30.6 Å². The van der Waals surface area contributed by atoms with Gasteiger partial charge in [-0.1, -0.05) is 44.2 Å². The average molecular weight is 857 g/mol. The van der Waals surface area contributed by atoms with Gasteiger partial charge in [-0.3, -0.25) is 4.79 Å². The number of carbonyl (C=O) groups excluding carboxylic acids is 1. The number of aromatic nitrogens is 2. The predicted octanol–water partition coefficient (Wildman–Crippen LogP) is 8.64. The molecule has 1 aliphatic rings. The zero-order valence-electron chi connectivity index (χ0n) is 36.1. The Morgan fingerprint density at radius 3 is 2.46 bits per heavy atom. The summed E-state index contributed by atoms with van der Waals surface area (Å²) in [4.78, 5) is 24.5. The Kier molecular flexibility index (Phi) is 14.1. The van der Waals surface area contributed by atoms with E-state index >= 15 is 4.79 Å². The van der Waals surface area contributed by atoms with Gasteiger partial charge in [0.25, 0.3) is 0 Å². The smallest absolute Gasteiger partial charge is 0.200 e. The summed E-state index contributed by atoms with van der Waals surface area (Å²) < 4.78 is 11.3. The normalized spacial score (nSPS) is 18.4. The van der Waals surface area contributed by atoms with Gasteiger partial charge >= 0.3 is 0 Å². The second-order valence-corrected chi connectivity index (χ2v) is 17.3. The van der Waals surface area contributed by atoms with E-state index in [1.807, 2.05) is 48.5 Å². The van der Waals surface area contributed by atoms with Crippen LogP contribution in [0, 0.1) is 17.8 Å². The summed E-state index contributed by atoms with van der Waals surface area (Å²) in [6.07, 6.45) is 4.91. The van der Waals surface area contributed by atoms with Crippen molar-refractivity contribution in [3.8, 4) is 34.5 Å². The van der Waals surface area contributed by atoms with Gasteiger partial charge in [0.05, 0.1) is 31.8 Å². The molecule has 7 N–H and O–H groups in total. The molecule has 0 saturated heterocycles. The number of aliphatic hydroxyl groups is 2.